The average Bonchev–Trinajstić information content (AvgIpc) is 2.38. The van der Waals surface area contributed by atoms with Crippen molar-refractivity contribution in [2.24, 2.45) is 0 Å². The molecule has 0 aliphatic heterocycles. The number of hydrogen-bond donors (Lipinski definition) is 1. The molecule has 1 aromatic carbocycles. The summed E-state index contributed by atoms with van der Waals surface area (Å²) in [6, 6.07) is 9.02. The third-order valence-corrected chi connectivity index (χ3v) is 3.20. The molecule has 0 aliphatic carbocycles. The van der Waals surface area contributed by atoms with Gasteiger partial charge in [0.2, 0.25) is 5.91 Å². The number of carbonyl (C=O) groups excluding carboxylic acids is 2. The van der Waals surface area contributed by atoms with Crippen molar-refractivity contribution in [3.05, 3.63) is 35.9 Å². The van der Waals surface area contributed by atoms with Gasteiger partial charge in [-0.15, -0.1) is 0 Å². The molecule has 1 amide bonds. The number of nitrogens with one attached hydrogen (secondary N) is 1. The van der Waals surface area contributed by atoms with Crippen LogP contribution < -0.4 is 5.32 Å². The summed E-state index contributed by atoms with van der Waals surface area (Å²) >= 11 is 3.32. The van der Waals surface area contributed by atoms with Gasteiger partial charge in [-0.2, -0.15) is 0 Å². The molecule has 18 heavy (non-hydrogen) atoms. The van der Waals surface area contributed by atoms with E-state index in [1.807, 2.05) is 30.3 Å². The predicted octanol–water partition coefficient (Wildman–Crippen LogP) is 1.67. The van der Waals surface area contributed by atoms with E-state index in [2.05, 4.69) is 26.0 Å². The molecule has 0 heterocycles. The van der Waals surface area contributed by atoms with Crippen LogP contribution in [0.4, 0.5) is 0 Å². The van der Waals surface area contributed by atoms with Gasteiger partial charge < -0.3 is 10.1 Å². The van der Waals surface area contributed by atoms with Crippen LogP contribution in [0, 0.1) is 0 Å². The average molecular weight is 314 g/mol. The first-order valence-electron chi connectivity index (χ1n) is 5.60. The van der Waals surface area contributed by atoms with Gasteiger partial charge in [0.05, 0.1) is 11.9 Å². The number of benzene rings is 1. The highest BCUT2D eigenvalue weighted by Crippen LogP contribution is 2.10. The van der Waals surface area contributed by atoms with Crippen molar-refractivity contribution >= 4 is 27.8 Å². The van der Waals surface area contributed by atoms with Crippen molar-refractivity contribution in [2.75, 3.05) is 7.11 Å². The molecule has 1 aromatic rings. The molecule has 0 aromatic heterocycles. The van der Waals surface area contributed by atoms with Crippen molar-refractivity contribution in [3.63, 3.8) is 0 Å². The first-order valence-corrected chi connectivity index (χ1v) is 6.52. The summed E-state index contributed by atoms with van der Waals surface area (Å²) in [6.07, 6.45) is 0.570. The topological polar surface area (TPSA) is 55.4 Å². The van der Waals surface area contributed by atoms with E-state index < -0.39 is 12.0 Å². The lowest BCUT2D eigenvalue weighted by atomic mass is 10.1. The van der Waals surface area contributed by atoms with E-state index in [1.54, 1.807) is 6.92 Å². The lowest BCUT2D eigenvalue weighted by molar-refractivity contribution is -0.144. The largest absolute Gasteiger partial charge is 0.467 e. The summed E-state index contributed by atoms with van der Waals surface area (Å²) in [5.41, 5.74) is 1.06. The number of alkyl halides is 1. The summed E-state index contributed by atoms with van der Waals surface area (Å²) < 4.78 is 4.54. The lowest BCUT2D eigenvalue weighted by Gasteiger charge is -2.15. The van der Waals surface area contributed by atoms with Gasteiger partial charge in [-0.1, -0.05) is 46.3 Å². The molecule has 5 heteroatoms. The number of methoxy groups -OCH3 is 1. The summed E-state index contributed by atoms with van der Waals surface area (Å²) in [5.74, 6) is -0.681. The quantitative estimate of drug-likeness (QED) is 0.664. The second-order valence-corrected chi connectivity index (χ2v) is 5.02. The molecule has 0 saturated carbocycles. The molecule has 0 aliphatic rings. The standard InChI is InChI=1S/C13H16BrNO3/c1-9(13(17)18-2)15-12(16)11(14)8-10-6-4-3-5-7-10/h3-7,9,11H,8H2,1-2H3,(H,15,16)/t9-,11+/m0/s1. The van der Waals surface area contributed by atoms with Crippen molar-refractivity contribution in [1.29, 1.82) is 0 Å². The molecule has 0 fully saturated rings. The highest BCUT2D eigenvalue weighted by atomic mass is 79.9. The van der Waals surface area contributed by atoms with E-state index in [4.69, 9.17) is 0 Å². The zero-order valence-electron chi connectivity index (χ0n) is 10.4. The Kier molecular flexibility index (Phi) is 5.85. The van der Waals surface area contributed by atoms with Crippen molar-refractivity contribution in [1.82, 2.24) is 5.32 Å². The van der Waals surface area contributed by atoms with Crippen LogP contribution in [0.3, 0.4) is 0 Å². The van der Waals surface area contributed by atoms with Crippen LogP contribution in [0.2, 0.25) is 0 Å². The van der Waals surface area contributed by atoms with Crippen molar-refractivity contribution in [2.45, 2.75) is 24.2 Å². The van der Waals surface area contributed by atoms with E-state index in [-0.39, 0.29) is 10.7 Å². The normalized spacial score (nSPS) is 13.5. The lowest BCUT2D eigenvalue weighted by Crippen LogP contribution is -2.43. The van der Waals surface area contributed by atoms with Gasteiger partial charge in [-0.3, -0.25) is 4.79 Å². The van der Waals surface area contributed by atoms with Crippen LogP contribution in [-0.4, -0.2) is 29.9 Å². The van der Waals surface area contributed by atoms with Gasteiger partial charge in [0.1, 0.15) is 6.04 Å². The van der Waals surface area contributed by atoms with Gasteiger partial charge in [0.15, 0.2) is 0 Å². The predicted molar refractivity (Wildman–Crippen MR) is 72.5 cm³/mol. The Bertz CT molecular complexity index is 408. The summed E-state index contributed by atoms with van der Waals surface area (Å²) in [4.78, 5) is 22.6. The maximum absolute atomic E-state index is 11.8. The van der Waals surface area contributed by atoms with Crippen LogP contribution in [0.1, 0.15) is 12.5 Å². The molecular formula is C13H16BrNO3. The Morgan fingerprint density at radius 3 is 2.50 bits per heavy atom. The fraction of sp³-hybridized carbons (Fsp3) is 0.385. The third-order valence-electron chi connectivity index (χ3n) is 2.46. The van der Waals surface area contributed by atoms with Crippen LogP contribution in [-0.2, 0) is 20.7 Å². The first-order chi connectivity index (χ1) is 8.54. The number of amides is 1. The Hall–Kier alpha value is -1.36. The van der Waals surface area contributed by atoms with Gasteiger partial charge in [-0.05, 0) is 18.9 Å². The number of carbonyl (C=O) groups is 2. The fourth-order valence-corrected chi connectivity index (χ4v) is 1.96. The molecule has 0 bridgehead atoms. The summed E-state index contributed by atoms with van der Waals surface area (Å²) in [5, 5.41) is 2.59. The molecule has 1 N–H and O–H groups in total. The zero-order valence-corrected chi connectivity index (χ0v) is 11.9. The molecule has 2 atom stereocenters. The van der Waals surface area contributed by atoms with E-state index >= 15 is 0 Å². The molecule has 0 radical (unpaired) electrons. The minimum Gasteiger partial charge on any atom is -0.467 e. The minimum atomic E-state index is -0.640. The molecule has 1 rings (SSSR count). The van der Waals surface area contributed by atoms with E-state index in [1.165, 1.54) is 7.11 Å². The van der Waals surface area contributed by atoms with Crippen molar-refractivity contribution in [3.8, 4) is 0 Å². The van der Waals surface area contributed by atoms with Gasteiger partial charge in [0.25, 0.3) is 0 Å². The fourth-order valence-electron chi connectivity index (χ4n) is 1.45. The monoisotopic (exact) mass is 313 g/mol. The Balaban J connectivity index is 2.49. The number of rotatable bonds is 5. The second kappa shape index (κ2) is 7.16. The maximum Gasteiger partial charge on any atom is 0.328 e. The molecule has 0 unspecified atom stereocenters. The van der Waals surface area contributed by atoms with Gasteiger partial charge in [0, 0.05) is 0 Å². The van der Waals surface area contributed by atoms with E-state index in [9.17, 15) is 9.59 Å². The summed E-state index contributed by atoms with van der Waals surface area (Å²) in [7, 11) is 1.29. The van der Waals surface area contributed by atoms with Crippen LogP contribution in [0.15, 0.2) is 30.3 Å². The van der Waals surface area contributed by atoms with Gasteiger partial charge >= 0.3 is 5.97 Å². The number of hydrogen-bond acceptors (Lipinski definition) is 3. The molecule has 4 nitrogen and oxygen atoms in total. The Morgan fingerprint density at radius 2 is 1.94 bits per heavy atom. The Labute approximate surface area is 115 Å². The van der Waals surface area contributed by atoms with Crippen LogP contribution >= 0.6 is 15.9 Å². The molecule has 0 saturated heterocycles. The Morgan fingerprint density at radius 1 is 1.33 bits per heavy atom. The highest BCUT2D eigenvalue weighted by Gasteiger charge is 2.21. The smallest absolute Gasteiger partial charge is 0.328 e. The van der Waals surface area contributed by atoms with Crippen LogP contribution in [0.25, 0.3) is 0 Å². The molecular weight excluding hydrogens is 298 g/mol. The van der Waals surface area contributed by atoms with Crippen molar-refractivity contribution < 1.29 is 14.3 Å². The van der Waals surface area contributed by atoms with Crippen LogP contribution in [0.5, 0.6) is 0 Å². The zero-order chi connectivity index (χ0) is 13.5. The maximum atomic E-state index is 11.8. The van der Waals surface area contributed by atoms with Gasteiger partial charge in [-0.25, -0.2) is 4.79 Å². The molecule has 0 spiro atoms. The van der Waals surface area contributed by atoms with E-state index in [0.717, 1.165) is 5.56 Å². The number of esters is 1. The first kappa shape index (κ1) is 14.7. The minimum absolute atomic E-state index is 0.225. The SMILES string of the molecule is COC(=O)[C@H](C)NC(=O)[C@H](Br)Cc1ccccc1. The third kappa shape index (κ3) is 4.49. The molecule has 98 valence electrons. The summed E-state index contributed by atoms with van der Waals surface area (Å²) in [6.45, 7) is 1.59. The number of ether oxygens (including phenoxy) is 1. The van der Waals surface area contributed by atoms with E-state index in [0.29, 0.717) is 6.42 Å². The second-order valence-electron chi connectivity index (χ2n) is 3.91. The highest BCUT2D eigenvalue weighted by molar-refractivity contribution is 9.10. The number of halogens is 1.